The normalized spacial score (nSPS) is 25.5. The minimum atomic E-state index is -0.187. The SMILES string of the molecule is NC1CCC(Nc2ccc(F)cc2I)C1. The van der Waals surface area contributed by atoms with Crippen LogP contribution in [0.1, 0.15) is 19.3 Å². The van der Waals surface area contributed by atoms with Gasteiger partial charge in [-0.2, -0.15) is 0 Å². The van der Waals surface area contributed by atoms with E-state index in [1.165, 1.54) is 12.1 Å². The Kier molecular flexibility index (Phi) is 3.45. The lowest BCUT2D eigenvalue weighted by atomic mass is 10.2. The second kappa shape index (κ2) is 4.65. The van der Waals surface area contributed by atoms with Crippen molar-refractivity contribution in [2.75, 3.05) is 5.32 Å². The predicted octanol–water partition coefficient (Wildman–Crippen LogP) is 2.72. The second-order valence-electron chi connectivity index (χ2n) is 4.04. The summed E-state index contributed by atoms with van der Waals surface area (Å²) in [7, 11) is 0. The molecule has 0 heterocycles. The number of anilines is 1. The first-order chi connectivity index (χ1) is 7.15. The highest BCUT2D eigenvalue weighted by Gasteiger charge is 2.21. The van der Waals surface area contributed by atoms with Gasteiger partial charge in [0, 0.05) is 21.3 Å². The van der Waals surface area contributed by atoms with Gasteiger partial charge in [-0.3, -0.25) is 0 Å². The van der Waals surface area contributed by atoms with E-state index in [-0.39, 0.29) is 5.82 Å². The summed E-state index contributed by atoms with van der Waals surface area (Å²) < 4.78 is 13.8. The van der Waals surface area contributed by atoms with Crippen LogP contribution < -0.4 is 11.1 Å². The Morgan fingerprint density at radius 1 is 1.40 bits per heavy atom. The van der Waals surface area contributed by atoms with E-state index in [2.05, 4.69) is 27.9 Å². The van der Waals surface area contributed by atoms with Crippen molar-refractivity contribution >= 4 is 28.3 Å². The van der Waals surface area contributed by atoms with Gasteiger partial charge in [-0.05, 0) is 60.1 Å². The zero-order chi connectivity index (χ0) is 10.8. The van der Waals surface area contributed by atoms with E-state index in [4.69, 9.17) is 5.73 Å². The summed E-state index contributed by atoms with van der Waals surface area (Å²) in [6, 6.07) is 5.58. The van der Waals surface area contributed by atoms with Crippen molar-refractivity contribution in [3.63, 3.8) is 0 Å². The Hall–Kier alpha value is -0.360. The fourth-order valence-corrected chi connectivity index (χ4v) is 2.61. The summed E-state index contributed by atoms with van der Waals surface area (Å²) in [6.45, 7) is 0. The molecule has 0 aliphatic heterocycles. The molecule has 1 saturated carbocycles. The summed E-state index contributed by atoms with van der Waals surface area (Å²) in [5, 5.41) is 3.41. The Balaban J connectivity index is 2.04. The average Bonchev–Trinajstić information content (AvgIpc) is 2.56. The topological polar surface area (TPSA) is 38.0 Å². The molecule has 2 nitrogen and oxygen atoms in total. The number of nitrogens with two attached hydrogens (primary N) is 1. The maximum atomic E-state index is 12.9. The monoisotopic (exact) mass is 320 g/mol. The molecule has 1 aromatic rings. The Bertz CT molecular complexity index is 356. The zero-order valence-corrected chi connectivity index (χ0v) is 10.5. The molecular formula is C11H14FIN2. The second-order valence-corrected chi connectivity index (χ2v) is 5.20. The molecule has 3 N–H and O–H groups in total. The standard InChI is InChI=1S/C11H14FIN2/c12-7-1-4-11(10(13)5-7)15-9-3-2-8(14)6-9/h1,4-5,8-9,15H,2-3,6,14H2. The van der Waals surface area contributed by atoms with Crippen LogP contribution in [0.15, 0.2) is 18.2 Å². The fraction of sp³-hybridized carbons (Fsp3) is 0.455. The Morgan fingerprint density at radius 3 is 2.80 bits per heavy atom. The first kappa shape index (κ1) is 11.1. The van der Waals surface area contributed by atoms with Gasteiger partial charge in [0.25, 0.3) is 0 Å². The largest absolute Gasteiger partial charge is 0.381 e. The third kappa shape index (κ3) is 2.81. The van der Waals surface area contributed by atoms with E-state index >= 15 is 0 Å². The predicted molar refractivity (Wildman–Crippen MR) is 68.4 cm³/mol. The van der Waals surface area contributed by atoms with Crippen molar-refractivity contribution in [2.24, 2.45) is 5.73 Å². The molecule has 82 valence electrons. The van der Waals surface area contributed by atoms with Crippen molar-refractivity contribution in [1.82, 2.24) is 0 Å². The molecule has 2 rings (SSSR count). The van der Waals surface area contributed by atoms with E-state index in [1.807, 2.05) is 0 Å². The lowest BCUT2D eigenvalue weighted by molar-refractivity contribution is 0.626. The molecule has 1 aliphatic carbocycles. The van der Waals surface area contributed by atoms with Crippen LogP contribution in [0, 0.1) is 9.39 Å². The third-order valence-corrected chi connectivity index (χ3v) is 3.66. The van der Waals surface area contributed by atoms with E-state index in [0.717, 1.165) is 28.5 Å². The van der Waals surface area contributed by atoms with Gasteiger partial charge in [0.1, 0.15) is 5.82 Å². The van der Waals surface area contributed by atoms with E-state index in [1.54, 1.807) is 6.07 Å². The molecule has 0 amide bonds. The summed E-state index contributed by atoms with van der Waals surface area (Å²) >= 11 is 2.14. The molecule has 0 aromatic heterocycles. The lowest BCUT2D eigenvalue weighted by Crippen LogP contribution is -2.21. The van der Waals surface area contributed by atoms with Crippen LogP contribution in [0.5, 0.6) is 0 Å². The number of rotatable bonds is 2. The minimum Gasteiger partial charge on any atom is -0.381 e. The molecule has 1 aliphatic rings. The number of hydrogen-bond acceptors (Lipinski definition) is 2. The molecule has 0 spiro atoms. The van der Waals surface area contributed by atoms with E-state index in [0.29, 0.717) is 12.1 Å². The summed E-state index contributed by atoms with van der Waals surface area (Å²) in [5.74, 6) is -0.187. The van der Waals surface area contributed by atoms with Crippen molar-refractivity contribution in [2.45, 2.75) is 31.3 Å². The lowest BCUT2D eigenvalue weighted by Gasteiger charge is -2.15. The zero-order valence-electron chi connectivity index (χ0n) is 8.34. The molecular weight excluding hydrogens is 306 g/mol. The van der Waals surface area contributed by atoms with Gasteiger partial charge in [-0.15, -0.1) is 0 Å². The number of benzene rings is 1. The summed E-state index contributed by atoms with van der Waals surface area (Å²) in [4.78, 5) is 0. The molecule has 1 fully saturated rings. The highest BCUT2D eigenvalue weighted by molar-refractivity contribution is 14.1. The summed E-state index contributed by atoms with van der Waals surface area (Å²) in [5.41, 5.74) is 6.85. The molecule has 0 bridgehead atoms. The van der Waals surface area contributed by atoms with Gasteiger partial charge in [0.2, 0.25) is 0 Å². The molecule has 2 unspecified atom stereocenters. The maximum absolute atomic E-state index is 12.9. The summed E-state index contributed by atoms with van der Waals surface area (Å²) in [6.07, 6.45) is 3.19. The van der Waals surface area contributed by atoms with Crippen LogP contribution in [0.2, 0.25) is 0 Å². The first-order valence-electron chi connectivity index (χ1n) is 5.12. The van der Waals surface area contributed by atoms with Crippen LogP contribution in [0.4, 0.5) is 10.1 Å². The van der Waals surface area contributed by atoms with Crippen molar-refractivity contribution in [3.8, 4) is 0 Å². The fourth-order valence-electron chi connectivity index (χ4n) is 1.97. The van der Waals surface area contributed by atoms with Crippen molar-refractivity contribution in [1.29, 1.82) is 0 Å². The maximum Gasteiger partial charge on any atom is 0.124 e. The number of nitrogens with one attached hydrogen (secondary N) is 1. The van der Waals surface area contributed by atoms with Gasteiger partial charge < -0.3 is 11.1 Å². The van der Waals surface area contributed by atoms with Crippen LogP contribution >= 0.6 is 22.6 Å². The van der Waals surface area contributed by atoms with Gasteiger partial charge in [0.05, 0.1) is 0 Å². The highest BCUT2D eigenvalue weighted by atomic mass is 127. The van der Waals surface area contributed by atoms with Crippen molar-refractivity contribution in [3.05, 3.63) is 27.6 Å². The van der Waals surface area contributed by atoms with Gasteiger partial charge in [0.15, 0.2) is 0 Å². The molecule has 0 saturated heterocycles. The number of hydrogen-bond donors (Lipinski definition) is 2. The van der Waals surface area contributed by atoms with E-state index in [9.17, 15) is 4.39 Å². The molecule has 2 atom stereocenters. The van der Waals surface area contributed by atoms with Gasteiger partial charge >= 0.3 is 0 Å². The smallest absolute Gasteiger partial charge is 0.124 e. The van der Waals surface area contributed by atoms with Crippen LogP contribution in [0.25, 0.3) is 0 Å². The van der Waals surface area contributed by atoms with Gasteiger partial charge in [-0.25, -0.2) is 4.39 Å². The van der Waals surface area contributed by atoms with Crippen molar-refractivity contribution < 1.29 is 4.39 Å². The van der Waals surface area contributed by atoms with Crippen LogP contribution in [-0.4, -0.2) is 12.1 Å². The quantitative estimate of drug-likeness (QED) is 0.823. The molecule has 1 aromatic carbocycles. The molecule has 0 radical (unpaired) electrons. The average molecular weight is 320 g/mol. The Morgan fingerprint density at radius 2 is 2.20 bits per heavy atom. The molecule has 4 heteroatoms. The van der Waals surface area contributed by atoms with Crippen LogP contribution in [-0.2, 0) is 0 Å². The van der Waals surface area contributed by atoms with Gasteiger partial charge in [-0.1, -0.05) is 0 Å². The Labute approximate surface area is 103 Å². The highest BCUT2D eigenvalue weighted by Crippen LogP contribution is 2.25. The number of halogens is 2. The van der Waals surface area contributed by atoms with E-state index < -0.39 is 0 Å². The first-order valence-corrected chi connectivity index (χ1v) is 6.20. The third-order valence-electron chi connectivity index (χ3n) is 2.76. The molecule has 15 heavy (non-hydrogen) atoms. The van der Waals surface area contributed by atoms with Crippen LogP contribution in [0.3, 0.4) is 0 Å². The minimum absolute atomic E-state index is 0.187.